The van der Waals surface area contributed by atoms with Gasteiger partial charge in [0.1, 0.15) is 0 Å². The van der Waals surface area contributed by atoms with Gasteiger partial charge in [-0.2, -0.15) is 0 Å². The molecule has 30 heavy (non-hydrogen) atoms. The van der Waals surface area contributed by atoms with Crippen LogP contribution in [0.15, 0.2) is 24.3 Å². The van der Waals surface area contributed by atoms with Gasteiger partial charge in [-0.25, -0.2) is 0 Å². The first-order chi connectivity index (χ1) is 14.5. The molecule has 0 aromatic heterocycles. The average Bonchev–Trinajstić information content (AvgIpc) is 2.92. The second-order valence-electron chi connectivity index (χ2n) is 9.09. The summed E-state index contributed by atoms with van der Waals surface area (Å²) >= 11 is 0. The lowest BCUT2D eigenvalue weighted by Gasteiger charge is -2.38. The SMILES string of the molecule is C[C@@H]1CC(=O)N(c2cccc(C(=O)N3CCCC[C@H]3CN3CCCCCC3)c2)C1=O. The summed E-state index contributed by atoms with van der Waals surface area (Å²) in [4.78, 5) is 43.9. The molecule has 0 spiro atoms. The topological polar surface area (TPSA) is 60.9 Å². The molecule has 3 fully saturated rings. The molecule has 3 aliphatic heterocycles. The van der Waals surface area contributed by atoms with Crippen LogP contribution in [0.4, 0.5) is 5.69 Å². The number of hydrogen-bond donors (Lipinski definition) is 0. The number of hydrogen-bond acceptors (Lipinski definition) is 4. The summed E-state index contributed by atoms with van der Waals surface area (Å²) in [5, 5.41) is 0. The predicted octanol–water partition coefficient (Wildman–Crippen LogP) is 3.46. The molecule has 3 heterocycles. The highest BCUT2D eigenvalue weighted by Gasteiger charge is 2.37. The van der Waals surface area contributed by atoms with Crippen LogP contribution in [-0.2, 0) is 9.59 Å². The van der Waals surface area contributed by atoms with E-state index < -0.39 is 0 Å². The van der Waals surface area contributed by atoms with Crippen molar-refractivity contribution in [1.29, 1.82) is 0 Å². The number of likely N-dealkylation sites (tertiary alicyclic amines) is 2. The summed E-state index contributed by atoms with van der Waals surface area (Å²) in [6.07, 6.45) is 8.59. The monoisotopic (exact) mass is 411 g/mol. The lowest BCUT2D eigenvalue weighted by Crippen LogP contribution is -2.49. The first kappa shape index (κ1) is 21.0. The summed E-state index contributed by atoms with van der Waals surface area (Å²) in [5.41, 5.74) is 1.08. The van der Waals surface area contributed by atoms with Gasteiger partial charge in [0.2, 0.25) is 11.8 Å². The molecule has 0 N–H and O–H groups in total. The zero-order valence-electron chi connectivity index (χ0n) is 18.0. The van der Waals surface area contributed by atoms with Crippen molar-refractivity contribution in [3.05, 3.63) is 29.8 Å². The molecule has 3 saturated heterocycles. The molecule has 162 valence electrons. The van der Waals surface area contributed by atoms with Gasteiger partial charge in [-0.05, 0) is 63.4 Å². The van der Waals surface area contributed by atoms with E-state index in [9.17, 15) is 14.4 Å². The molecule has 3 amide bonds. The van der Waals surface area contributed by atoms with Crippen LogP contribution in [0.3, 0.4) is 0 Å². The van der Waals surface area contributed by atoms with Gasteiger partial charge in [0, 0.05) is 37.0 Å². The summed E-state index contributed by atoms with van der Waals surface area (Å²) in [6, 6.07) is 7.28. The maximum absolute atomic E-state index is 13.4. The Morgan fingerprint density at radius 2 is 1.73 bits per heavy atom. The maximum atomic E-state index is 13.4. The summed E-state index contributed by atoms with van der Waals surface area (Å²) in [6.45, 7) is 5.76. The Morgan fingerprint density at radius 3 is 2.43 bits per heavy atom. The molecular weight excluding hydrogens is 378 g/mol. The smallest absolute Gasteiger partial charge is 0.254 e. The fraction of sp³-hybridized carbons (Fsp3) is 0.625. The van der Waals surface area contributed by atoms with Crippen molar-refractivity contribution in [3.8, 4) is 0 Å². The zero-order chi connectivity index (χ0) is 21.1. The third kappa shape index (κ3) is 4.43. The van der Waals surface area contributed by atoms with Crippen molar-refractivity contribution in [2.75, 3.05) is 31.1 Å². The van der Waals surface area contributed by atoms with E-state index in [0.717, 1.165) is 45.4 Å². The molecule has 1 aromatic carbocycles. The first-order valence-corrected chi connectivity index (χ1v) is 11.5. The zero-order valence-corrected chi connectivity index (χ0v) is 18.0. The summed E-state index contributed by atoms with van der Waals surface area (Å²) in [5.74, 6) is -0.642. The fourth-order valence-corrected chi connectivity index (χ4v) is 5.07. The Hall–Kier alpha value is -2.21. The van der Waals surface area contributed by atoms with Gasteiger partial charge in [0.25, 0.3) is 5.91 Å². The van der Waals surface area contributed by atoms with Crippen LogP contribution in [0.25, 0.3) is 0 Å². The van der Waals surface area contributed by atoms with Crippen LogP contribution >= 0.6 is 0 Å². The minimum Gasteiger partial charge on any atom is -0.334 e. The fourth-order valence-electron chi connectivity index (χ4n) is 5.07. The number of benzene rings is 1. The van der Waals surface area contributed by atoms with Crippen LogP contribution in [-0.4, -0.2) is 59.7 Å². The Morgan fingerprint density at radius 1 is 1.00 bits per heavy atom. The number of carbonyl (C=O) groups excluding carboxylic acids is 3. The van der Waals surface area contributed by atoms with Gasteiger partial charge in [-0.1, -0.05) is 25.8 Å². The molecule has 6 nitrogen and oxygen atoms in total. The van der Waals surface area contributed by atoms with Crippen LogP contribution in [0.2, 0.25) is 0 Å². The highest BCUT2D eigenvalue weighted by Crippen LogP contribution is 2.28. The third-order valence-corrected chi connectivity index (χ3v) is 6.78. The quantitative estimate of drug-likeness (QED) is 0.712. The Kier molecular flexibility index (Phi) is 6.52. The number of piperidine rings is 1. The van der Waals surface area contributed by atoms with Crippen LogP contribution in [0.5, 0.6) is 0 Å². The van der Waals surface area contributed by atoms with E-state index in [1.54, 1.807) is 31.2 Å². The van der Waals surface area contributed by atoms with Gasteiger partial charge < -0.3 is 9.80 Å². The minimum atomic E-state index is -0.294. The van der Waals surface area contributed by atoms with Gasteiger partial charge in [0.15, 0.2) is 0 Å². The van der Waals surface area contributed by atoms with E-state index in [2.05, 4.69) is 4.90 Å². The van der Waals surface area contributed by atoms with E-state index in [-0.39, 0.29) is 36.1 Å². The molecule has 3 aliphatic rings. The normalized spacial score (nSPS) is 26.2. The predicted molar refractivity (Wildman–Crippen MR) is 116 cm³/mol. The molecule has 4 rings (SSSR count). The van der Waals surface area contributed by atoms with Gasteiger partial charge in [0.05, 0.1) is 5.69 Å². The number of imide groups is 1. The van der Waals surface area contributed by atoms with Gasteiger partial charge in [-0.3, -0.25) is 19.3 Å². The van der Waals surface area contributed by atoms with Crippen molar-refractivity contribution >= 4 is 23.4 Å². The maximum Gasteiger partial charge on any atom is 0.254 e. The Balaban J connectivity index is 1.51. The molecule has 0 unspecified atom stereocenters. The van der Waals surface area contributed by atoms with E-state index >= 15 is 0 Å². The Labute approximate surface area is 179 Å². The molecule has 6 heteroatoms. The molecule has 0 aliphatic carbocycles. The molecule has 0 bridgehead atoms. The summed E-state index contributed by atoms with van der Waals surface area (Å²) < 4.78 is 0. The summed E-state index contributed by atoms with van der Waals surface area (Å²) in [7, 11) is 0. The van der Waals surface area contributed by atoms with E-state index in [4.69, 9.17) is 0 Å². The second-order valence-corrected chi connectivity index (χ2v) is 9.09. The molecule has 0 saturated carbocycles. The third-order valence-electron chi connectivity index (χ3n) is 6.78. The Bertz CT molecular complexity index is 801. The number of carbonyl (C=O) groups is 3. The lowest BCUT2D eigenvalue weighted by atomic mass is 9.99. The van der Waals surface area contributed by atoms with E-state index in [1.165, 1.54) is 30.6 Å². The number of amides is 3. The van der Waals surface area contributed by atoms with Crippen molar-refractivity contribution in [2.45, 2.75) is 64.3 Å². The van der Waals surface area contributed by atoms with E-state index in [1.807, 2.05) is 4.90 Å². The molecular formula is C24H33N3O3. The van der Waals surface area contributed by atoms with Gasteiger partial charge in [-0.15, -0.1) is 0 Å². The number of rotatable bonds is 4. The van der Waals surface area contributed by atoms with Gasteiger partial charge >= 0.3 is 0 Å². The molecule has 1 aromatic rings. The highest BCUT2D eigenvalue weighted by atomic mass is 16.2. The van der Waals surface area contributed by atoms with Crippen LogP contribution in [0.1, 0.15) is 68.6 Å². The van der Waals surface area contributed by atoms with Crippen LogP contribution in [0, 0.1) is 5.92 Å². The van der Waals surface area contributed by atoms with Crippen molar-refractivity contribution < 1.29 is 14.4 Å². The second kappa shape index (κ2) is 9.29. The molecule has 2 atom stereocenters. The standard InChI is InChI=1S/C24H33N3O3/c1-18-15-22(28)27(23(18)29)20-11-8-9-19(16-20)24(30)26-14-7-4-10-21(26)17-25-12-5-2-3-6-13-25/h8-9,11,16,18,21H,2-7,10,12-15,17H2,1H3/t18-,21+/m1/s1. The minimum absolute atomic E-state index is 0.0171. The first-order valence-electron chi connectivity index (χ1n) is 11.5. The van der Waals surface area contributed by atoms with Crippen molar-refractivity contribution in [2.24, 2.45) is 5.92 Å². The highest BCUT2D eigenvalue weighted by molar-refractivity contribution is 6.21. The van der Waals surface area contributed by atoms with Crippen molar-refractivity contribution in [3.63, 3.8) is 0 Å². The number of nitrogens with zero attached hydrogens (tertiary/aromatic N) is 3. The van der Waals surface area contributed by atoms with E-state index in [0.29, 0.717) is 11.3 Å². The average molecular weight is 412 g/mol. The number of anilines is 1. The largest absolute Gasteiger partial charge is 0.334 e. The molecule has 0 radical (unpaired) electrons. The van der Waals surface area contributed by atoms with Crippen LogP contribution < -0.4 is 4.90 Å². The lowest BCUT2D eigenvalue weighted by molar-refractivity contribution is -0.122. The van der Waals surface area contributed by atoms with Crippen molar-refractivity contribution in [1.82, 2.24) is 9.80 Å².